The monoisotopic (exact) mass is 295 g/mol. The Bertz CT molecular complexity index is 482. The van der Waals surface area contributed by atoms with Crippen LogP contribution in [0.3, 0.4) is 0 Å². The average molecular weight is 296 g/mol. The Balaban J connectivity index is 2.23. The zero-order chi connectivity index (χ0) is 14.8. The normalized spacial score (nSPS) is 9.85. The first kappa shape index (κ1) is 16.3. The number of ether oxygens (including phenoxy) is 2. The summed E-state index contributed by atoms with van der Waals surface area (Å²) in [6, 6.07) is 6.99. The predicted octanol–water partition coefficient (Wildman–Crippen LogP) is 3.71. The minimum atomic E-state index is -0.157. The molecule has 0 radical (unpaired) electrons. The Hall–Kier alpha value is -1.73. The Morgan fingerprint density at radius 1 is 1.35 bits per heavy atom. The van der Waals surface area contributed by atoms with Gasteiger partial charge in [-0.15, -0.1) is 0 Å². The molecule has 0 unspecified atom stereocenters. The van der Waals surface area contributed by atoms with Gasteiger partial charge in [-0.2, -0.15) is 5.26 Å². The molecule has 1 rings (SSSR count). The van der Waals surface area contributed by atoms with E-state index in [2.05, 4.69) is 6.07 Å². The van der Waals surface area contributed by atoms with Crippen LogP contribution in [0.15, 0.2) is 18.2 Å². The molecule has 4 nitrogen and oxygen atoms in total. The lowest BCUT2D eigenvalue weighted by molar-refractivity contribution is -0.143. The van der Waals surface area contributed by atoms with E-state index in [0.29, 0.717) is 36.0 Å². The maximum atomic E-state index is 11.1. The van der Waals surface area contributed by atoms with Crippen molar-refractivity contribution in [3.63, 3.8) is 0 Å². The van der Waals surface area contributed by atoms with Crippen molar-refractivity contribution in [2.24, 2.45) is 0 Å². The number of esters is 1. The Labute approximate surface area is 124 Å². The van der Waals surface area contributed by atoms with Crippen molar-refractivity contribution in [2.45, 2.75) is 32.6 Å². The van der Waals surface area contributed by atoms with Gasteiger partial charge in [0, 0.05) is 17.5 Å². The first-order chi connectivity index (χ1) is 9.67. The fraction of sp³-hybridized carbons (Fsp3) is 0.467. The lowest BCUT2D eigenvalue weighted by atomic mass is 10.2. The number of carbonyl (C=O) groups excluding carboxylic acids is 1. The van der Waals surface area contributed by atoms with Gasteiger partial charge in [-0.1, -0.05) is 11.6 Å². The van der Waals surface area contributed by atoms with Crippen LogP contribution in [-0.2, 0) is 9.53 Å². The number of nitrogens with zero attached hydrogens (tertiary/aromatic N) is 1. The van der Waals surface area contributed by atoms with Crippen molar-refractivity contribution in [3.8, 4) is 11.8 Å². The van der Waals surface area contributed by atoms with Gasteiger partial charge in [0.2, 0.25) is 0 Å². The van der Waals surface area contributed by atoms with Crippen LogP contribution < -0.4 is 4.74 Å². The molecule has 0 heterocycles. The molecule has 0 aliphatic rings. The minimum absolute atomic E-state index is 0.157. The second-order valence-electron chi connectivity index (χ2n) is 4.22. The molecular formula is C15H18ClNO3. The summed E-state index contributed by atoms with van der Waals surface area (Å²) in [6.45, 7) is 2.72. The van der Waals surface area contributed by atoms with Gasteiger partial charge in [-0.25, -0.2) is 0 Å². The second kappa shape index (κ2) is 9.22. The van der Waals surface area contributed by atoms with Crippen molar-refractivity contribution in [2.75, 3.05) is 13.2 Å². The van der Waals surface area contributed by atoms with E-state index in [1.165, 1.54) is 0 Å². The fourth-order valence-electron chi connectivity index (χ4n) is 1.67. The molecule has 0 aromatic heterocycles. The van der Waals surface area contributed by atoms with Crippen LogP contribution in [-0.4, -0.2) is 19.2 Å². The molecule has 0 saturated carbocycles. The van der Waals surface area contributed by atoms with E-state index in [4.69, 9.17) is 26.3 Å². The Kier molecular flexibility index (Phi) is 7.52. The molecule has 1 aromatic carbocycles. The summed E-state index contributed by atoms with van der Waals surface area (Å²) in [5, 5.41) is 9.48. The lowest BCUT2D eigenvalue weighted by Gasteiger charge is -2.08. The largest absolute Gasteiger partial charge is 0.492 e. The Morgan fingerprint density at radius 3 is 2.85 bits per heavy atom. The molecule has 0 atom stereocenters. The predicted molar refractivity (Wildman–Crippen MR) is 76.8 cm³/mol. The second-order valence-corrected chi connectivity index (χ2v) is 4.65. The molecular weight excluding hydrogens is 278 g/mol. The smallest absolute Gasteiger partial charge is 0.305 e. The zero-order valence-corrected chi connectivity index (χ0v) is 12.3. The maximum Gasteiger partial charge on any atom is 0.305 e. The molecule has 1 aromatic rings. The SMILES string of the molecule is CCOC(=O)CCCCCOc1cc(Cl)ccc1C#N. The van der Waals surface area contributed by atoms with Crippen molar-refractivity contribution in [1.82, 2.24) is 0 Å². The van der Waals surface area contributed by atoms with Crippen LogP contribution in [0.25, 0.3) is 0 Å². The number of rotatable bonds is 8. The molecule has 0 N–H and O–H groups in total. The third-order valence-corrected chi connectivity index (χ3v) is 2.89. The van der Waals surface area contributed by atoms with Crippen LogP contribution in [0, 0.1) is 11.3 Å². The van der Waals surface area contributed by atoms with E-state index in [0.717, 1.165) is 19.3 Å². The lowest BCUT2D eigenvalue weighted by Crippen LogP contribution is -2.04. The molecule has 5 heteroatoms. The number of nitriles is 1. The summed E-state index contributed by atoms with van der Waals surface area (Å²) in [7, 11) is 0. The van der Waals surface area contributed by atoms with Gasteiger partial charge in [0.25, 0.3) is 0 Å². The standard InChI is InChI=1S/C15H18ClNO3/c1-2-19-15(18)6-4-3-5-9-20-14-10-13(16)8-7-12(14)11-17/h7-8,10H,2-6,9H2,1H3. The van der Waals surface area contributed by atoms with E-state index < -0.39 is 0 Å². The quantitative estimate of drug-likeness (QED) is 0.542. The van der Waals surface area contributed by atoms with Crippen LogP contribution in [0.2, 0.25) is 5.02 Å². The van der Waals surface area contributed by atoms with E-state index in [9.17, 15) is 4.79 Å². The van der Waals surface area contributed by atoms with E-state index in [1.54, 1.807) is 25.1 Å². The number of hydrogen-bond acceptors (Lipinski definition) is 4. The molecule has 0 aliphatic carbocycles. The molecule has 108 valence electrons. The number of unbranched alkanes of at least 4 members (excludes halogenated alkanes) is 2. The third kappa shape index (κ3) is 5.94. The van der Waals surface area contributed by atoms with Crippen molar-refractivity contribution in [1.29, 1.82) is 5.26 Å². The highest BCUT2D eigenvalue weighted by Crippen LogP contribution is 2.22. The number of benzene rings is 1. The molecule has 20 heavy (non-hydrogen) atoms. The number of hydrogen-bond donors (Lipinski definition) is 0. The average Bonchev–Trinajstić information content (AvgIpc) is 2.43. The maximum absolute atomic E-state index is 11.1. The highest BCUT2D eigenvalue weighted by atomic mass is 35.5. The van der Waals surface area contributed by atoms with Crippen LogP contribution in [0.1, 0.15) is 38.2 Å². The summed E-state index contributed by atoms with van der Waals surface area (Å²) in [5.41, 5.74) is 0.473. The van der Waals surface area contributed by atoms with Gasteiger partial charge in [0.15, 0.2) is 0 Å². The first-order valence-electron chi connectivity index (χ1n) is 6.65. The molecule has 0 bridgehead atoms. The van der Waals surface area contributed by atoms with Gasteiger partial charge in [-0.05, 0) is 38.3 Å². The van der Waals surface area contributed by atoms with Crippen LogP contribution >= 0.6 is 11.6 Å². The topological polar surface area (TPSA) is 59.3 Å². The highest BCUT2D eigenvalue weighted by molar-refractivity contribution is 6.30. The Morgan fingerprint density at radius 2 is 2.15 bits per heavy atom. The van der Waals surface area contributed by atoms with Crippen LogP contribution in [0.5, 0.6) is 5.75 Å². The molecule has 0 spiro atoms. The van der Waals surface area contributed by atoms with Gasteiger partial charge in [-0.3, -0.25) is 4.79 Å². The molecule has 0 aliphatic heterocycles. The van der Waals surface area contributed by atoms with E-state index in [-0.39, 0.29) is 5.97 Å². The van der Waals surface area contributed by atoms with Crippen LogP contribution in [0.4, 0.5) is 0 Å². The van der Waals surface area contributed by atoms with Crippen molar-refractivity contribution < 1.29 is 14.3 Å². The summed E-state index contributed by atoms with van der Waals surface area (Å²) >= 11 is 5.86. The summed E-state index contributed by atoms with van der Waals surface area (Å²) in [4.78, 5) is 11.1. The van der Waals surface area contributed by atoms with Gasteiger partial charge >= 0.3 is 5.97 Å². The molecule has 0 saturated heterocycles. The van der Waals surface area contributed by atoms with Gasteiger partial charge in [0.1, 0.15) is 11.8 Å². The van der Waals surface area contributed by atoms with E-state index >= 15 is 0 Å². The summed E-state index contributed by atoms with van der Waals surface area (Å²) in [5.74, 6) is 0.348. The molecule has 0 amide bonds. The fourth-order valence-corrected chi connectivity index (χ4v) is 1.83. The van der Waals surface area contributed by atoms with Gasteiger partial charge in [0.05, 0.1) is 18.8 Å². The number of carbonyl (C=O) groups is 1. The zero-order valence-electron chi connectivity index (χ0n) is 11.5. The third-order valence-electron chi connectivity index (χ3n) is 2.65. The minimum Gasteiger partial charge on any atom is -0.492 e. The highest BCUT2D eigenvalue weighted by Gasteiger charge is 2.04. The van der Waals surface area contributed by atoms with Gasteiger partial charge < -0.3 is 9.47 Å². The number of halogens is 1. The van der Waals surface area contributed by atoms with E-state index in [1.807, 2.05) is 0 Å². The first-order valence-corrected chi connectivity index (χ1v) is 7.03. The summed E-state index contributed by atoms with van der Waals surface area (Å²) < 4.78 is 10.4. The molecule has 0 fully saturated rings. The summed E-state index contributed by atoms with van der Waals surface area (Å²) in [6.07, 6.45) is 2.91. The van der Waals surface area contributed by atoms with Crippen molar-refractivity contribution in [3.05, 3.63) is 28.8 Å². The van der Waals surface area contributed by atoms with Crippen molar-refractivity contribution >= 4 is 17.6 Å².